The van der Waals surface area contributed by atoms with Gasteiger partial charge in [-0.1, -0.05) is 19.8 Å². The summed E-state index contributed by atoms with van der Waals surface area (Å²) in [4.78, 5) is 27.6. The standard InChI is InChI=1S/C13H26N4O2/c1-4-5-6-11(15-13(14)19)12(18)17-8-7-16(3)9-10(17)2/h10-11H,4-9H2,1-3H3,(H3,14,15,19)/t10-,11+/m1/s1. The number of carbonyl (C=O) groups excluding carboxylic acids is 2. The van der Waals surface area contributed by atoms with Crippen molar-refractivity contribution in [3.8, 4) is 0 Å². The Hall–Kier alpha value is -1.30. The number of unbranched alkanes of at least 4 members (excludes halogenated alkanes) is 1. The first-order chi connectivity index (χ1) is 8.95. The average Bonchev–Trinajstić information content (AvgIpc) is 2.33. The van der Waals surface area contributed by atoms with Crippen LogP contribution in [0.1, 0.15) is 33.1 Å². The number of hydrogen-bond donors (Lipinski definition) is 2. The van der Waals surface area contributed by atoms with Crippen molar-refractivity contribution in [3.05, 3.63) is 0 Å². The van der Waals surface area contributed by atoms with Crippen LogP contribution in [-0.2, 0) is 4.79 Å². The highest BCUT2D eigenvalue weighted by molar-refractivity contribution is 5.86. The molecule has 0 radical (unpaired) electrons. The zero-order valence-electron chi connectivity index (χ0n) is 12.2. The van der Waals surface area contributed by atoms with E-state index < -0.39 is 12.1 Å². The second-order valence-corrected chi connectivity index (χ2v) is 5.35. The van der Waals surface area contributed by atoms with Crippen molar-refractivity contribution < 1.29 is 9.59 Å². The second-order valence-electron chi connectivity index (χ2n) is 5.35. The van der Waals surface area contributed by atoms with E-state index in [2.05, 4.69) is 24.2 Å². The number of nitrogens with two attached hydrogens (primary N) is 1. The number of primary amides is 1. The Kier molecular flexibility index (Phi) is 6.08. The molecular weight excluding hydrogens is 244 g/mol. The first kappa shape index (κ1) is 15.8. The van der Waals surface area contributed by atoms with Crippen LogP contribution in [0.2, 0.25) is 0 Å². The molecule has 19 heavy (non-hydrogen) atoms. The Balaban J connectivity index is 2.66. The summed E-state index contributed by atoms with van der Waals surface area (Å²) < 4.78 is 0. The van der Waals surface area contributed by atoms with Gasteiger partial charge in [0.2, 0.25) is 5.91 Å². The molecule has 0 aromatic heterocycles. The Labute approximate surface area is 115 Å². The summed E-state index contributed by atoms with van der Waals surface area (Å²) in [6.07, 6.45) is 2.54. The summed E-state index contributed by atoms with van der Waals surface area (Å²) in [5, 5.41) is 2.58. The second kappa shape index (κ2) is 7.33. The summed E-state index contributed by atoms with van der Waals surface area (Å²) in [6, 6.07) is -0.940. The van der Waals surface area contributed by atoms with Crippen molar-refractivity contribution in [1.29, 1.82) is 0 Å². The van der Waals surface area contributed by atoms with Gasteiger partial charge in [-0.25, -0.2) is 4.79 Å². The summed E-state index contributed by atoms with van der Waals surface area (Å²) in [7, 11) is 2.05. The molecule has 1 aliphatic heterocycles. The van der Waals surface area contributed by atoms with E-state index in [-0.39, 0.29) is 11.9 Å². The quantitative estimate of drug-likeness (QED) is 0.758. The van der Waals surface area contributed by atoms with Crippen molar-refractivity contribution in [1.82, 2.24) is 15.1 Å². The maximum Gasteiger partial charge on any atom is 0.312 e. The van der Waals surface area contributed by atoms with Gasteiger partial charge in [0.15, 0.2) is 0 Å². The molecule has 1 saturated heterocycles. The fraction of sp³-hybridized carbons (Fsp3) is 0.846. The number of nitrogens with one attached hydrogen (secondary N) is 1. The van der Waals surface area contributed by atoms with Gasteiger partial charge >= 0.3 is 6.03 Å². The van der Waals surface area contributed by atoms with E-state index in [9.17, 15) is 9.59 Å². The Morgan fingerprint density at radius 1 is 1.42 bits per heavy atom. The number of likely N-dealkylation sites (N-methyl/N-ethyl adjacent to an activating group) is 1. The van der Waals surface area contributed by atoms with E-state index in [4.69, 9.17) is 5.73 Å². The fourth-order valence-electron chi connectivity index (χ4n) is 2.50. The molecule has 110 valence electrons. The molecule has 3 amide bonds. The third kappa shape index (κ3) is 4.70. The number of urea groups is 1. The smallest absolute Gasteiger partial charge is 0.312 e. The molecule has 1 rings (SSSR count). The van der Waals surface area contributed by atoms with Crippen molar-refractivity contribution in [3.63, 3.8) is 0 Å². The Morgan fingerprint density at radius 3 is 2.63 bits per heavy atom. The first-order valence-electron chi connectivity index (χ1n) is 7.00. The molecule has 1 fully saturated rings. The van der Waals surface area contributed by atoms with Gasteiger partial charge in [0.1, 0.15) is 6.04 Å². The lowest BCUT2D eigenvalue weighted by atomic mass is 10.1. The normalized spacial score (nSPS) is 22.1. The molecule has 6 heteroatoms. The molecule has 0 aromatic carbocycles. The number of piperazine rings is 1. The Morgan fingerprint density at radius 2 is 2.11 bits per heavy atom. The van der Waals surface area contributed by atoms with Crippen molar-refractivity contribution in [2.45, 2.75) is 45.2 Å². The van der Waals surface area contributed by atoms with E-state index in [1.807, 2.05) is 11.8 Å². The molecule has 0 spiro atoms. The SMILES string of the molecule is CCCC[C@H](NC(N)=O)C(=O)N1CCN(C)C[C@H]1C. The minimum absolute atomic E-state index is 0.00662. The lowest BCUT2D eigenvalue weighted by Crippen LogP contribution is -2.58. The van der Waals surface area contributed by atoms with Crippen LogP contribution < -0.4 is 11.1 Å². The summed E-state index contributed by atoms with van der Waals surface area (Å²) in [5.74, 6) is -0.00662. The number of amides is 3. The molecule has 0 aliphatic carbocycles. The highest BCUT2D eigenvalue weighted by atomic mass is 16.2. The van der Waals surface area contributed by atoms with Gasteiger partial charge in [-0.2, -0.15) is 0 Å². The lowest BCUT2D eigenvalue weighted by Gasteiger charge is -2.39. The van der Waals surface area contributed by atoms with Gasteiger partial charge in [-0.3, -0.25) is 4.79 Å². The first-order valence-corrected chi connectivity index (χ1v) is 7.00. The summed E-state index contributed by atoms with van der Waals surface area (Å²) >= 11 is 0. The van der Waals surface area contributed by atoms with Crippen LogP contribution in [-0.4, -0.2) is 60.5 Å². The maximum atomic E-state index is 12.5. The van der Waals surface area contributed by atoms with Crippen LogP contribution >= 0.6 is 0 Å². The van der Waals surface area contributed by atoms with Gasteiger partial charge in [0, 0.05) is 25.7 Å². The van der Waals surface area contributed by atoms with Gasteiger partial charge < -0.3 is 20.9 Å². The topological polar surface area (TPSA) is 78.7 Å². The zero-order chi connectivity index (χ0) is 14.4. The van der Waals surface area contributed by atoms with E-state index >= 15 is 0 Å². The summed E-state index contributed by atoms with van der Waals surface area (Å²) in [6.45, 7) is 6.54. The molecule has 6 nitrogen and oxygen atoms in total. The largest absolute Gasteiger partial charge is 0.352 e. The van der Waals surface area contributed by atoms with Gasteiger partial charge in [-0.05, 0) is 20.4 Å². The molecule has 1 aliphatic rings. The predicted octanol–water partition coefficient (Wildman–Crippen LogP) is 0.376. The number of nitrogens with zero attached hydrogens (tertiary/aromatic N) is 2. The molecule has 2 atom stereocenters. The lowest BCUT2D eigenvalue weighted by molar-refractivity contribution is -0.137. The maximum absolute atomic E-state index is 12.5. The number of rotatable bonds is 5. The molecular formula is C13H26N4O2. The third-order valence-electron chi connectivity index (χ3n) is 3.57. The molecule has 0 unspecified atom stereocenters. The average molecular weight is 270 g/mol. The van der Waals surface area contributed by atoms with Crippen LogP contribution in [0.3, 0.4) is 0 Å². The minimum Gasteiger partial charge on any atom is -0.352 e. The monoisotopic (exact) mass is 270 g/mol. The molecule has 0 aromatic rings. The zero-order valence-corrected chi connectivity index (χ0v) is 12.2. The van der Waals surface area contributed by atoms with Crippen LogP contribution in [0.25, 0.3) is 0 Å². The highest BCUT2D eigenvalue weighted by Crippen LogP contribution is 2.12. The van der Waals surface area contributed by atoms with Crippen LogP contribution in [0.5, 0.6) is 0 Å². The Bertz CT molecular complexity index is 322. The molecule has 3 N–H and O–H groups in total. The summed E-state index contributed by atoms with van der Waals surface area (Å²) in [5.41, 5.74) is 5.16. The van der Waals surface area contributed by atoms with E-state index in [1.54, 1.807) is 0 Å². The van der Waals surface area contributed by atoms with Crippen molar-refractivity contribution in [2.75, 3.05) is 26.7 Å². The van der Waals surface area contributed by atoms with Gasteiger partial charge in [-0.15, -0.1) is 0 Å². The van der Waals surface area contributed by atoms with Gasteiger partial charge in [0.05, 0.1) is 0 Å². The van der Waals surface area contributed by atoms with E-state index in [1.165, 1.54) is 0 Å². The number of carbonyl (C=O) groups is 2. The van der Waals surface area contributed by atoms with Gasteiger partial charge in [0.25, 0.3) is 0 Å². The third-order valence-corrected chi connectivity index (χ3v) is 3.57. The van der Waals surface area contributed by atoms with Crippen LogP contribution in [0.15, 0.2) is 0 Å². The minimum atomic E-state index is -0.628. The van der Waals surface area contributed by atoms with Crippen LogP contribution in [0.4, 0.5) is 4.79 Å². The van der Waals surface area contributed by atoms with Crippen molar-refractivity contribution >= 4 is 11.9 Å². The predicted molar refractivity (Wildman–Crippen MR) is 74.7 cm³/mol. The van der Waals surface area contributed by atoms with E-state index in [0.29, 0.717) is 13.0 Å². The highest BCUT2D eigenvalue weighted by Gasteiger charge is 2.30. The van der Waals surface area contributed by atoms with Crippen LogP contribution in [0, 0.1) is 0 Å². The molecule has 0 bridgehead atoms. The molecule has 0 saturated carbocycles. The fourth-order valence-corrected chi connectivity index (χ4v) is 2.50. The van der Waals surface area contributed by atoms with Crippen molar-refractivity contribution in [2.24, 2.45) is 5.73 Å². The molecule has 1 heterocycles. The van der Waals surface area contributed by atoms with E-state index in [0.717, 1.165) is 25.9 Å². The number of hydrogen-bond acceptors (Lipinski definition) is 3.